The molecule has 1 N–H and O–H groups in total. The van der Waals surface area contributed by atoms with Crippen LogP contribution in [0.4, 0.5) is 0 Å². The largest absolute Gasteiger partial charge is 0.393 e. The van der Waals surface area contributed by atoms with Gasteiger partial charge in [-0.05, 0) is 12.8 Å². The fourth-order valence-corrected chi connectivity index (χ4v) is 0.499. The molecule has 1 saturated heterocycles. The molecule has 1 rings (SSSR count). The quantitative estimate of drug-likeness (QED) is 0.474. The van der Waals surface area contributed by atoms with Crippen LogP contribution in [0.5, 0.6) is 0 Å². The molecule has 0 aromatic heterocycles. The van der Waals surface area contributed by atoms with E-state index in [1.54, 1.807) is 0 Å². The van der Waals surface area contributed by atoms with Crippen LogP contribution in [0.1, 0.15) is 15.6 Å². The van der Waals surface area contributed by atoms with Crippen LogP contribution in [-0.4, -0.2) is 24.4 Å². The van der Waals surface area contributed by atoms with E-state index >= 15 is 0 Å². The van der Waals surface area contributed by atoms with Gasteiger partial charge in [0.1, 0.15) is 0 Å². The highest BCUT2D eigenvalue weighted by molar-refractivity contribution is 4.58. The van der Waals surface area contributed by atoms with Crippen molar-refractivity contribution in [1.29, 1.82) is 0 Å². The minimum Gasteiger partial charge on any atom is -0.393 e. The van der Waals surface area contributed by atoms with Gasteiger partial charge in [-0.1, -0.05) is 0 Å². The zero-order valence-electron chi connectivity index (χ0n) is 6.00. The zero-order valence-corrected chi connectivity index (χ0v) is 4.00. The summed E-state index contributed by atoms with van der Waals surface area (Å²) in [6, 6.07) is 0. The molecule has 0 saturated carbocycles. The molecule has 1 fully saturated rings. The molecule has 0 aromatic carbocycles. The zero-order chi connectivity index (χ0) is 6.85. The van der Waals surface area contributed by atoms with E-state index < -0.39 is 19.1 Å². The van der Waals surface area contributed by atoms with E-state index in [0.29, 0.717) is 13.0 Å². The van der Waals surface area contributed by atoms with Gasteiger partial charge in [0.25, 0.3) is 0 Å². The molecule has 0 bridgehead atoms. The third-order valence-corrected chi connectivity index (χ3v) is 0.928. The second-order valence-corrected chi connectivity index (χ2v) is 1.56. The van der Waals surface area contributed by atoms with Crippen molar-refractivity contribution in [3.05, 3.63) is 0 Å². The first-order valence-corrected chi connectivity index (χ1v) is 2.36. The van der Waals surface area contributed by atoms with Crippen molar-refractivity contribution in [1.82, 2.24) is 0 Å². The van der Waals surface area contributed by atoms with Gasteiger partial charge in [-0.3, -0.25) is 0 Å². The Balaban J connectivity index is 2.41. The summed E-state index contributed by atoms with van der Waals surface area (Å²) >= 11 is 0. The van der Waals surface area contributed by atoms with Gasteiger partial charge in [-0.15, -0.1) is 0 Å². The fraction of sp³-hybridized carbons (Fsp3) is 1.00. The van der Waals surface area contributed by atoms with Crippen molar-refractivity contribution in [2.24, 2.45) is 0 Å². The molecule has 0 spiro atoms. The Morgan fingerprint density at radius 1 is 1.86 bits per heavy atom. The Hall–Kier alpha value is -0.0800. The van der Waals surface area contributed by atoms with Crippen LogP contribution in [0.2, 0.25) is 0 Å². The molecule has 7 heavy (non-hydrogen) atoms. The van der Waals surface area contributed by atoms with E-state index in [0.717, 1.165) is 0 Å². The van der Waals surface area contributed by atoms with E-state index in [4.69, 9.17) is 12.6 Å². The molecule has 1 aliphatic heterocycles. The summed E-state index contributed by atoms with van der Waals surface area (Å²) in [6.07, 6.45) is -0.955. The highest BCUT2D eigenvalue weighted by Crippen LogP contribution is 2.03. The van der Waals surface area contributed by atoms with Gasteiger partial charge < -0.3 is 9.84 Å². The van der Waals surface area contributed by atoms with Gasteiger partial charge in [0.15, 0.2) is 0 Å². The highest BCUT2D eigenvalue weighted by atomic mass is 16.5. The highest BCUT2D eigenvalue weighted by Gasteiger charge is 2.07. The van der Waals surface area contributed by atoms with Gasteiger partial charge in [-0.2, -0.15) is 0 Å². The number of aliphatic hydroxyl groups is 1. The fourth-order valence-electron chi connectivity index (χ4n) is 0.499. The van der Waals surface area contributed by atoms with Crippen LogP contribution in [0.25, 0.3) is 0 Å². The summed E-state index contributed by atoms with van der Waals surface area (Å²) in [6.45, 7) is -0.446. The minimum atomic E-state index is -0.853. The predicted molar refractivity (Wildman–Crippen MR) is 26.1 cm³/mol. The molecule has 1 aliphatic rings. The van der Waals surface area contributed by atoms with Crippen molar-refractivity contribution in [3.63, 3.8) is 0 Å². The topological polar surface area (TPSA) is 29.5 Å². The first-order chi connectivity index (χ1) is 4.22. The maximum atomic E-state index is 8.96. The van der Waals surface area contributed by atoms with Crippen molar-refractivity contribution in [3.8, 4) is 0 Å². The molecule has 1 heterocycles. The molecule has 0 aliphatic carbocycles. The van der Waals surface area contributed by atoms with Crippen LogP contribution in [0.15, 0.2) is 0 Å². The second kappa shape index (κ2) is 2.28. The molecular formula is C5H10O2. The minimum absolute atomic E-state index is 0.407. The standard InChI is InChI=1S/C5H10O2/c6-5-1-3-7-4-2-5/h5-6H,1-4H2/i1D,3D. The van der Waals surface area contributed by atoms with Crippen LogP contribution >= 0.6 is 0 Å². The van der Waals surface area contributed by atoms with Crippen molar-refractivity contribution in [2.75, 3.05) is 13.2 Å². The third-order valence-electron chi connectivity index (χ3n) is 0.928. The Bertz CT molecular complexity index is 89.0. The summed E-state index contributed by atoms with van der Waals surface area (Å²) in [5.41, 5.74) is 0. The molecular weight excluding hydrogens is 92.1 g/mol. The van der Waals surface area contributed by atoms with Crippen LogP contribution in [-0.2, 0) is 4.74 Å². The smallest absolute Gasteiger partial charge is 0.0584 e. The normalized spacial score (nSPS) is 58.1. The lowest BCUT2D eigenvalue weighted by molar-refractivity contribution is 0.0140. The molecule has 3 atom stereocenters. The maximum absolute atomic E-state index is 8.96. The van der Waals surface area contributed by atoms with Gasteiger partial charge in [-0.25, -0.2) is 0 Å². The van der Waals surface area contributed by atoms with Crippen LogP contribution in [0, 0.1) is 0 Å². The lowest BCUT2D eigenvalue weighted by Crippen LogP contribution is -2.19. The van der Waals surface area contributed by atoms with Gasteiger partial charge in [0, 0.05) is 14.6 Å². The lowest BCUT2D eigenvalue weighted by Gasteiger charge is -2.15. The summed E-state index contributed by atoms with van der Waals surface area (Å²) in [5.74, 6) is 0. The summed E-state index contributed by atoms with van der Waals surface area (Å²) in [7, 11) is 0. The van der Waals surface area contributed by atoms with Crippen molar-refractivity contribution < 1.29 is 12.6 Å². The number of hydrogen-bond acceptors (Lipinski definition) is 2. The van der Waals surface area contributed by atoms with E-state index in [2.05, 4.69) is 0 Å². The molecule has 3 unspecified atom stereocenters. The summed E-state index contributed by atoms with van der Waals surface area (Å²) in [5, 5.41) is 8.96. The average molecular weight is 104 g/mol. The monoisotopic (exact) mass is 104 g/mol. The van der Waals surface area contributed by atoms with Crippen LogP contribution < -0.4 is 0 Å². The predicted octanol–water partition coefficient (Wildman–Crippen LogP) is 0.158. The van der Waals surface area contributed by atoms with E-state index in [-0.39, 0.29) is 0 Å². The molecule has 42 valence electrons. The maximum Gasteiger partial charge on any atom is 0.0584 e. The average Bonchev–Trinajstić information content (AvgIpc) is 1.83. The lowest BCUT2D eigenvalue weighted by atomic mass is 10.2. The number of rotatable bonds is 0. The Morgan fingerprint density at radius 3 is 3.29 bits per heavy atom. The summed E-state index contributed by atoms with van der Waals surface area (Å²) in [4.78, 5) is 0. The van der Waals surface area contributed by atoms with Crippen molar-refractivity contribution >= 4 is 0 Å². The van der Waals surface area contributed by atoms with Crippen molar-refractivity contribution in [2.45, 2.75) is 18.9 Å². The molecule has 0 aromatic rings. The van der Waals surface area contributed by atoms with Gasteiger partial charge in [0.05, 0.1) is 7.47 Å². The summed E-state index contributed by atoms with van der Waals surface area (Å²) < 4.78 is 18.9. The van der Waals surface area contributed by atoms with Gasteiger partial charge in [0.2, 0.25) is 0 Å². The van der Waals surface area contributed by atoms with E-state index in [1.165, 1.54) is 0 Å². The molecule has 2 nitrogen and oxygen atoms in total. The Kier molecular flexibility index (Phi) is 0.995. The third kappa shape index (κ3) is 1.45. The Labute approximate surface area is 45.9 Å². The van der Waals surface area contributed by atoms with E-state index in [9.17, 15) is 0 Å². The number of aliphatic hydroxyl groups excluding tert-OH is 1. The first kappa shape index (κ1) is 3.05. The molecule has 0 radical (unpaired) electrons. The van der Waals surface area contributed by atoms with E-state index in [1.807, 2.05) is 0 Å². The first-order valence-electron chi connectivity index (χ1n) is 3.51. The molecule has 0 amide bonds. The number of ether oxygens (including phenoxy) is 1. The second-order valence-electron chi connectivity index (χ2n) is 1.56. The number of hydrogen-bond donors (Lipinski definition) is 1. The molecule has 2 heteroatoms. The van der Waals surface area contributed by atoms with Crippen LogP contribution in [0.3, 0.4) is 0 Å². The van der Waals surface area contributed by atoms with Gasteiger partial charge >= 0.3 is 0 Å². The SMILES string of the molecule is [2H]C1OCCC(O)C1[2H]. The Morgan fingerprint density at radius 2 is 2.71 bits per heavy atom.